The number of aromatic nitrogens is 1. The average Bonchev–Trinajstić information content (AvgIpc) is 3.17. The van der Waals surface area contributed by atoms with E-state index < -0.39 is 10.0 Å². The van der Waals surface area contributed by atoms with Crippen molar-refractivity contribution in [1.82, 2.24) is 14.8 Å². The van der Waals surface area contributed by atoms with Crippen LogP contribution in [0.3, 0.4) is 0 Å². The fraction of sp³-hybridized carbons (Fsp3) is 0.200. The molecule has 28 heavy (non-hydrogen) atoms. The minimum absolute atomic E-state index is 0.144. The molecule has 1 N–H and O–H groups in total. The van der Waals surface area contributed by atoms with Crippen LogP contribution < -0.4 is 5.32 Å². The monoisotopic (exact) mass is 399 g/mol. The Morgan fingerprint density at radius 3 is 2.39 bits per heavy atom. The second-order valence-corrected chi connectivity index (χ2v) is 8.52. The first-order valence-corrected chi connectivity index (χ1v) is 10.1. The summed E-state index contributed by atoms with van der Waals surface area (Å²) >= 11 is 0. The van der Waals surface area contributed by atoms with Gasteiger partial charge in [-0.2, -0.15) is 0 Å². The lowest BCUT2D eigenvalue weighted by molar-refractivity contribution is 0.0954. The van der Waals surface area contributed by atoms with Gasteiger partial charge in [0.2, 0.25) is 10.0 Å². The number of benzene rings is 2. The summed E-state index contributed by atoms with van der Waals surface area (Å²) in [7, 11) is -0.587. The molecule has 1 amide bonds. The molecule has 3 aromatic rings. The summed E-state index contributed by atoms with van der Waals surface area (Å²) in [6, 6.07) is 17.3. The van der Waals surface area contributed by atoms with Gasteiger partial charge in [-0.1, -0.05) is 35.5 Å². The van der Waals surface area contributed by atoms with Gasteiger partial charge in [-0.15, -0.1) is 0 Å². The molecule has 0 aliphatic carbocycles. The predicted molar refractivity (Wildman–Crippen MR) is 105 cm³/mol. The fourth-order valence-corrected chi connectivity index (χ4v) is 3.47. The molecule has 0 unspecified atom stereocenters. The van der Waals surface area contributed by atoms with Gasteiger partial charge in [0.15, 0.2) is 5.76 Å². The highest BCUT2D eigenvalue weighted by Crippen LogP contribution is 2.19. The van der Waals surface area contributed by atoms with E-state index in [4.69, 9.17) is 4.52 Å². The second-order valence-electron chi connectivity index (χ2n) is 6.37. The number of nitrogens with one attached hydrogen (secondary N) is 1. The Morgan fingerprint density at radius 1 is 1.07 bits per heavy atom. The summed E-state index contributed by atoms with van der Waals surface area (Å²) in [6.07, 6.45) is 0.523. The predicted octanol–water partition coefficient (Wildman–Crippen LogP) is 2.56. The molecule has 1 heterocycles. The van der Waals surface area contributed by atoms with E-state index in [1.807, 2.05) is 36.4 Å². The van der Waals surface area contributed by atoms with Crippen LogP contribution in [0.1, 0.15) is 16.1 Å². The smallest absolute Gasteiger partial charge is 0.251 e. The molecule has 7 nitrogen and oxygen atoms in total. The highest BCUT2D eigenvalue weighted by atomic mass is 32.2. The Balaban J connectivity index is 1.56. The first-order chi connectivity index (χ1) is 13.4. The van der Waals surface area contributed by atoms with Crippen LogP contribution >= 0.6 is 0 Å². The molecular formula is C20H21N3O4S. The van der Waals surface area contributed by atoms with Gasteiger partial charge < -0.3 is 9.84 Å². The zero-order valence-electron chi connectivity index (χ0n) is 15.6. The molecule has 0 aliphatic rings. The van der Waals surface area contributed by atoms with Crippen molar-refractivity contribution in [1.29, 1.82) is 0 Å². The van der Waals surface area contributed by atoms with Gasteiger partial charge >= 0.3 is 0 Å². The van der Waals surface area contributed by atoms with Crippen molar-refractivity contribution in [3.05, 3.63) is 71.9 Å². The number of rotatable bonds is 7. The lowest BCUT2D eigenvalue weighted by atomic mass is 10.1. The molecule has 0 spiro atoms. The molecule has 2 aromatic carbocycles. The molecule has 0 atom stereocenters. The maximum Gasteiger partial charge on any atom is 0.251 e. The number of carbonyl (C=O) groups excluding carboxylic acids is 1. The third kappa shape index (κ3) is 4.47. The Hall–Kier alpha value is -2.97. The SMILES string of the molecule is CN(C)S(=O)(=O)c1ccc(C(=O)NCCc2cc(-c3ccccc3)on2)cc1. The number of hydrogen-bond donors (Lipinski definition) is 1. The molecule has 0 aliphatic heterocycles. The summed E-state index contributed by atoms with van der Waals surface area (Å²) in [5, 5.41) is 6.82. The first-order valence-electron chi connectivity index (χ1n) is 8.70. The normalized spacial score (nSPS) is 11.5. The van der Waals surface area contributed by atoms with Crippen molar-refractivity contribution in [3.63, 3.8) is 0 Å². The average molecular weight is 399 g/mol. The van der Waals surface area contributed by atoms with Crippen molar-refractivity contribution in [3.8, 4) is 11.3 Å². The zero-order chi connectivity index (χ0) is 20.1. The topological polar surface area (TPSA) is 92.5 Å². The quantitative estimate of drug-likeness (QED) is 0.659. The van der Waals surface area contributed by atoms with Gasteiger partial charge in [0.05, 0.1) is 10.6 Å². The number of amides is 1. The van der Waals surface area contributed by atoms with Crippen LogP contribution in [0.4, 0.5) is 0 Å². The molecule has 0 bridgehead atoms. The third-order valence-electron chi connectivity index (χ3n) is 4.18. The van der Waals surface area contributed by atoms with E-state index in [9.17, 15) is 13.2 Å². The highest BCUT2D eigenvalue weighted by molar-refractivity contribution is 7.89. The third-order valence-corrected chi connectivity index (χ3v) is 6.01. The van der Waals surface area contributed by atoms with Crippen LogP contribution in [0.15, 0.2) is 70.1 Å². The molecule has 0 saturated carbocycles. The maximum atomic E-state index is 12.2. The molecular weight excluding hydrogens is 378 g/mol. The number of nitrogens with zero attached hydrogens (tertiary/aromatic N) is 2. The fourth-order valence-electron chi connectivity index (χ4n) is 2.56. The summed E-state index contributed by atoms with van der Waals surface area (Å²) in [5.74, 6) is 0.403. The van der Waals surface area contributed by atoms with E-state index in [0.717, 1.165) is 15.6 Å². The van der Waals surface area contributed by atoms with Crippen LogP contribution in [0.25, 0.3) is 11.3 Å². The van der Waals surface area contributed by atoms with E-state index in [1.54, 1.807) is 0 Å². The van der Waals surface area contributed by atoms with E-state index in [-0.39, 0.29) is 10.8 Å². The second kappa shape index (κ2) is 8.37. The van der Waals surface area contributed by atoms with Crippen molar-refractivity contribution in [2.24, 2.45) is 0 Å². The molecule has 0 radical (unpaired) electrons. The summed E-state index contributed by atoms with van der Waals surface area (Å²) in [5.41, 5.74) is 2.08. The summed E-state index contributed by atoms with van der Waals surface area (Å²) in [4.78, 5) is 12.4. The van der Waals surface area contributed by atoms with Gasteiger partial charge in [-0.05, 0) is 24.3 Å². The van der Waals surface area contributed by atoms with Gasteiger partial charge in [-0.3, -0.25) is 4.79 Å². The van der Waals surface area contributed by atoms with Crippen molar-refractivity contribution in [2.75, 3.05) is 20.6 Å². The van der Waals surface area contributed by atoms with Crippen LogP contribution in [0, 0.1) is 0 Å². The Bertz CT molecular complexity index is 1040. The molecule has 8 heteroatoms. The largest absolute Gasteiger partial charge is 0.356 e. The first kappa shape index (κ1) is 19.8. The Morgan fingerprint density at radius 2 is 1.75 bits per heavy atom. The van der Waals surface area contributed by atoms with Crippen molar-refractivity contribution < 1.29 is 17.7 Å². The van der Waals surface area contributed by atoms with Crippen LogP contribution in [-0.2, 0) is 16.4 Å². The van der Waals surface area contributed by atoms with Crippen LogP contribution in [-0.4, -0.2) is 44.4 Å². The van der Waals surface area contributed by atoms with Crippen molar-refractivity contribution >= 4 is 15.9 Å². The van der Waals surface area contributed by atoms with Gasteiger partial charge in [0.1, 0.15) is 0 Å². The maximum absolute atomic E-state index is 12.2. The highest BCUT2D eigenvalue weighted by Gasteiger charge is 2.17. The van der Waals surface area contributed by atoms with Crippen LogP contribution in [0.5, 0.6) is 0 Å². The number of hydrogen-bond acceptors (Lipinski definition) is 5. The van der Waals surface area contributed by atoms with E-state index in [2.05, 4.69) is 10.5 Å². The standard InChI is InChI=1S/C20H21N3O4S/c1-23(2)28(25,26)18-10-8-16(9-11-18)20(24)21-13-12-17-14-19(27-22-17)15-6-4-3-5-7-15/h3-11,14H,12-13H2,1-2H3,(H,21,24). The molecule has 3 rings (SSSR count). The number of sulfonamides is 1. The number of carbonyl (C=O) groups is 1. The summed E-state index contributed by atoms with van der Waals surface area (Å²) in [6.45, 7) is 0.386. The molecule has 1 aromatic heterocycles. The van der Waals surface area contributed by atoms with E-state index >= 15 is 0 Å². The van der Waals surface area contributed by atoms with Gasteiger partial charge in [-0.25, -0.2) is 12.7 Å². The molecule has 0 saturated heterocycles. The van der Waals surface area contributed by atoms with E-state index in [1.165, 1.54) is 38.4 Å². The van der Waals surface area contributed by atoms with Crippen LogP contribution in [0.2, 0.25) is 0 Å². The minimum Gasteiger partial charge on any atom is -0.356 e. The van der Waals surface area contributed by atoms with Gasteiger partial charge in [0, 0.05) is 44.3 Å². The van der Waals surface area contributed by atoms with Gasteiger partial charge in [0.25, 0.3) is 5.91 Å². The molecule has 146 valence electrons. The summed E-state index contributed by atoms with van der Waals surface area (Å²) < 4.78 is 30.6. The zero-order valence-corrected chi connectivity index (χ0v) is 16.4. The Kier molecular flexibility index (Phi) is 5.91. The lowest BCUT2D eigenvalue weighted by Crippen LogP contribution is -2.26. The Labute approximate surface area is 164 Å². The minimum atomic E-state index is -3.51. The van der Waals surface area contributed by atoms with Crippen molar-refractivity contribution in [2.45, 2.75) is 11.3 Å². The molecule has 0 fully saturated rings. The van der Waals surface area contributed by atoms with E-state index in [0.29, 0.717) is 24.3 Å². The lowest BCUT2D eigenvalue weighted by Gasteiger charge is -2.11.